The van der Waals surface area contributed by atoms with Crippen molar-refractivity contribution >= 4 is 16.8 Å². The van der Waals surface area contributed by atoms with Gasteiger partial charge in [0.15, 0.2) is 11.5 Å². The van der Waals surface area contributed by atoms with Crippen LogP contribution < -0.4 is 9.47 Å². The first-order valence-corrected chi connectivity index (χ1v) is 12.3. The van der Waals surface area contributed by atoms with E-state index in [4.69, 9.17) is 9.47 Å². The van der Waals surface area contributed by atoms with Crippen LogP contribution in [0.2, 0.25) is 0 Å². The summed E-state index contributed by atoms with van der Waals surface area (Å²) >= 11 is 0. The number of carbonyl (C=O) groups is 1. The van der Waals surface area contributed by atoms with Crippen LogP contribution in [0, 0.1) is 0 Å². The Morgan fingerprint density at radius 1 is 0.886 bits per heavy atom. The number of hydrogen-bond donors (Lipinski definition) is 0. The summed E-state index contributed by atoms with van der Waals surface area (Å²) in [5.41, 5.74) is 4.63. The molecular weight excluding hydrogens is 436 g/mol. The van der Waals surface area contributed by atoms with Crippen LogP contribution in [0.1, 0.15) is 41.9 Å². The third-order valence-electron chi connectivity index (χ3n) is 7.04. The second-order valence-electron chi connectivity index (χ2n) is 9.17. The molecule has 1 saturated heterocycles. The second-order valence-corrected chi connectivity index (χ2v) is 9.17. The minimum atomic E-state index is -0.0928. The van der Waals surface area contributed by atoms with Gasteiger partial charge < -0.3 is 18.9 Å². The quantitative estimate of drug-likeness (QED) is 0.326. The largest absolute Gasteiger partial charge is 0.493 e. The van der Waals surface area contributed by atoms with E-state index in [2.05, 4.69) is 65.4 Å². The van der Waals surface area contributed by atoms with Crippen LogP contribution in [0.4, 0.5) is 0 Å². The fraction of sp³-hybridized carbons (Fsp3) is 0.300. The molecule has 0 spiro atoms. The first kappa shape index (κ1) is 23.0. The molecule has 4 aromatic rings. The number of benzene rings is 3. The van der Waals surface area contributed by atoms with Crippen LogP contribution in [0.5, 0.6) is 11.5 Å². The molecular formula is C30H32N2O3. The molecule has 1 aliphatic rings. The monoisotopic (exact) mass is 468 g/mol. The van der Waals surface area contributed by atoms with Gasteiger partial charge in [0.1, 0.15) is 0 Å². The Bertz CT molecular complexity index is 1310. The van der Waals surface area contributed by atoms with Crippen LogP contribution in [0.15, 0.2) is 79.0 Å². The molecule has 35 heavy (non-hydrogen) atoms. The van der Waals surface area contributed by atoms with Gasteiger partial charge in [-0.15, -0.1) is 0 Å². The van der Waals surface area contributed by atoms with Gasteiger partial charge in [-0.05, 0) is 47.7 Å². The highest BCUT2D eigenvalue weighted by Gasteiger charge is 2.27. The fourth-order valence-corrected chi connectivity index (χ4v) is 5.21. The normalized spacial score (nSPS) is 14.3. The molecule has 3 aromatic carbocycles. The summed E-state index contributed by atoms with van der Waals surface area (Å²) in [6.45, 7) is 2.49. The lowest BCUT2D eigenvalue weighted by Crippen LogP contribution is -2.29. The Labute approximate surface area is 206 Å². The average molecular weight is 469 g/mol. The number of hydrogen-bond acceptors (Lipinski definition) is 3. The van der Waals surface area contributed by atoms with E-state index in [1.165, 1.54) is 16.5 Å². The third kappa shape index (κ3) is 4.76. The Kier molecular flexibility index (Phi) is 6.75. The summed E-state index contributed by atoms with van der Waals surface area (Å²) in [6, 6.07) is 25.0. The van der Waals surface area contributed by atoms with Gasteiger partial charge in [-0.3, -0.25) is 4.79 Å². The molecule has 1 aromatic heterocycles. The number of nitrogens with zero attached hydrogens (tertiary/aromatic N) is 2. The van der Waals surface area contributed by atoms with E-state index in [9.17, 15) is 4.79 Å². The van der Waals surface area contributed by atoms with Crippen molar-refractivity contribution in [3.05, 3.63) is 95.7 Å². The zero-order chi connectivity index (χ0) is 24.2. The van der Waals surface area contributed by atoms with Crippen molar-refractivity contribution in [2.45, 2.75) is 31.7 Å². The van der Waals surface area contributed by atoms with Crippen molar-refractivity contribution in [3.8, 4) is 11.5 Å². The van der Waals surface area contributed by atoms with Crippen molar-refractivity contribution in [1.29, 1.82) is 0 Å². The van der Waals surface area contributed by atoms with Gasteiger partial charge in [0.05, 0.1) is 14.2 Å². The van der Waals surface area contributed by atoms with Crippen LogP contribution in [-0.4, -0.2) is 42.7 Å². The van der Waals surface area contributed by atoms with E-state index in [-0.39, 0.29) is 11.8 Å². The highest BCUT2D eigenvalue weighted by atomic mass is 16.5. The van der Waals surface area contributed by atoms with Gasteiger partial charge in [-0.2, -0.15) is 0 Å². The van der Waals surface area contributed by atoms with Crippen LogP contribution in [-0.2, 0) is 11.3 Å². The molecule has 0 aliphatic carbocycles. The number of carbonyl (C=O) groups excluding carboxylic acids is 1. The summed E-state index contributed by atoms with van der Waals surface area (Å²) in [5.74, 6) is 1.48. The zero-order valence-electron chi connectivity index (χ0n) is 20.4. The molecule has 0 radical (unpaired) electrons. The van der Waals surface area contributed by atoms with E-state index >= 15 is 0 Å². The first-order valence-electron chi connectivity index (χ1n) is 12.3. The highest BCUT2D eigenvalue weighted by molar-refractivity contribution is 5.87. The van der Waals surface area contributed by atoms with E-state index in [1.807, 2.05) is 23.1 Å². The van der Waals surface area contributed by atoms with E-state index in [0.717, 1.165) is 43.6 Å². The molecule has 5 heteroatoms. The molecule has 5 rings (SSSR count). The molecule has 1 amide bonds. The topological polar surface area (TPSA) is 43.7 Å². The van der Waals surface area contributed by atoms with Crippen LogP contribution in [0.3, 0.4) is 0 Å². The first-order chi connectivity index (χ1) is 17.2. The van der Waals surface area contributed by atoms with Gasteiger partial charge >= 0.3 is 0 Å². The van der Waals surface area contributed by atoms with Gasteiger partial charge in [-0.25, -0.2) is 0 Å². The molecule has 5 nitrogen and oxygen atoms in total. The smallest absolute Gasteiger partial charge is 0.223 e. The van der Waals surface area contributed by atoms with Crippen molar-refractivity contribution in [1.82, 2.24) is 9.47 Å². The van der Waals surface area contributed by atoms with Crippen molar-refractivity contribution < 1.29 is 14.3 Å². The number of ether oxygens (including phenoxy) is 2. The maximum Gasteiger partial charge on any atom is 0.223 e. The minimum absolute atomic E-state index is 0.0928. The summed E-state index contributed by atoms with van der Waals surface area (Å²) in [4.78, 5) is 15.4. The second kappa shape index (κ2) is 10.3. The molecule has 180 valence electrons. The molecule has 0 saturated carbocycles. The van der Waals surface area contributed by atoms with Crippen molar-refractivity contribution in [3.63, 3.8) is 0 Å². The Morgan fingerprint density at radius 2 is 1.60 bits per heavy atom. The van der Waals surface area contributed by atoms with Gasteiger partial charge in [0.25, 0.3) is 0 Å². The molecule has 0 N–H and O–H groups in total. The van der Waals surface area contributed by atoms with Crippen molar-refractivity contribution in [2.24, 2.45) is 0 Å². The lowest BCUT2D eigenvalue weighted by molar-refractivity contribution is -0.130. The predicted molar refractivity (Wildman–Crippen MR) is 139 cm³/mol. The molecule has 0 bridgehead atoms. The van der Waals surface area contributed by atoms with Gasteiger partial charge in [0.2, 0.25) is 5.91 Å². The van der Waals surface area contributed by atoms with E-state index in [1.54, 1.807) is 14.2 Å². The summed E-state index contributed by atoms with van der Waals surface area (Å²) < 4.78 is 13.4. The van der Waals surface area contributed by atoms with Gasteiger partial charge in [-0.1, -0.05) is 54.6 Å². The molecule has 2 heterocycles. The summed E-state index contributed by atoms with van der Waals surface area (Å²) in [5, 5.41) is 1.18. The number of rotatable bonds is 8. The Hall–Kier alpha value is -3.73. The summed E-state index contributed by atoms with van der Waals surface area (Å²) in [6.07, 6.45) is 4.83. The zero-order valence-corrected chi connectivity index (χ0v) is 20.4. The standard InChI is InChI=1S/C30H32N2O3/c1-34-28-15-14-23(18-29(28)35-2)25(19-30(33)31-16-8-9-17-31)26-21-32(20-22-10-4-3-5-11-22)27-13-7-6-12-24(26)27/h3-7,10-15,18,21,25H,8-9,16-17,19-20H2,1-2H3/t25-/m0/s1. The predicted octanol–water partition coefficient (Wildman–Crippen LogP) is 5.85. The number of aromatic nitrogens is 1. The minimum Gasteiger partial charge on any atom is -0.493 e. The molecule has 0 unspecified atom stereocenters. The Balaban J connectivity index is 1.60. The molecule has 1 aliphatic heterocycles. The maximum atomic E-state index is 13.4. The number of methoxy groups -OCH3 is 2. The number of para-hydroxylation sites is 1. The fourth-order valence-electron chi connectivity index (χ4n) is 5.21. The highest BCUT2D eigenvalue weighted by Crippen LogP contribution is 2.39. The number of fused-ring (bicyclic) bond motifs is 1. The average Bonchev–Trinajstić information content (AvgIpc) is 3.57. The molecule has 1 atom stereocenters. The lowest BCUT2D eigenvalue weighted by atomic mass is 9.87. The van der Waals surface area contributed by atoms with E-state index in [0.29, 0.717) is 17.9 Å². The molecule has 1 fully saturated rings. The maximum absolute atomic E-state index is 13.4. The Morgan fingerprint density at radius 3 is 2.34 bits per heavy atom. The summed E-state index contributed by atoms with van der Waals surface area (Å²) in [7, 11) is 3.29. The number of likely N-dealkylation sites (tertiary alicyclic amines) is 1. The van der Waals surface area contributed by atoms with E-state index < -0.39 is 0 Å². The van der Waals surface area contributed by atoms with Crippen molar-refractivity contribution in [2.75, 3.05) is 27.3 Å². The van der Waals surface area contributed by atoms with Gasteiger partial charge in [0, 0.05) is 49.1 Å². The number of amides is 1. The lowest BCUT2D eigenvalue weighted by Gasteiger charge is -2.22. The SMILES string of the molecule is COc1ccc([C@H](CC(=O)N2CCCC2)c2cn(Cc3ccccc3)c3ccccc23)cc1OC. The van der Waals surface area contributed by atoms with Crippen LogP contribution >= 0.6 is 0 Å². The third-order valence-corrected chi connectivity index (χ3v) is 7.04. The van der Waals surface area contributed by atoms with Crippen LogP contribution in [0.25, 0.3) is 10.9 Å².